The van der Waals surface area contributed by atoms with Crippen LogP contribution >= 0.6 is 34.5 Å². The summed E-state index contributed by atoms with van der Waals surface area (Å²) in [7, 11) is 0. The molecule has 1 aromatic heterocycles. The molecule has 2 aromatic rings. The molecule has 0 spiro atoms. The highest BCUT2D eigenvalue weighted by Crippen LogP contribution is 2.33. The third-order valence-corrected chi connectivity index (χ3v) is 5.23. The Morgan fingerprint density at radius 3 is 2.54 bits per heavy atom. The lowest BCUT2D eigenvalue weighted by Crippen LogP contribution is -2.15. The Morgan fingerprint density at radius 2 is 1.92 bits per heavy atom. The van der Waals surface area contributed by atoms with Crippen molar-refractivity contribution in [3.05, 3.63) is 55.9 Å². The van der Waals surface area contributed by atoms with Crippen molar-refractivity contribution in [2.45, 2.75) is 33.8 Å². The highest BCUT2D eigenvalue weighted by molar-refractivity contribution is 7.16. The van der Waals surface area contributed by atoms with Gasteiger partial charge in [-0.3, -0.25) is 4.79 Å². The number of nitrogens with one attached hydrogen (secondary N) is 1. The van der Waals surface area contributed by atoms with Crippen LogP contribution in [-0.4, -0.2) is 18.0 Å². The Hall–Kier alpha value is -1.82. The van der Waals surface area contributed by atoms with E-state index in [9.17, 15) is 9.59 Å². The van der Waals surface area contributed by atoms with Crippen LogP contribution < -0.4 is 5.32 Å². The fourth-order valence-electron chi connectivity index (χ4n) is 2.19. The highest BCUT2D eigenvalue weighted by Gasteiger charge is 2.22. The van der Waals surface area contributed by atoms with E-state index in [0.29, 0.717) is 26.2 Å². The molecule has 1 amide bonds. The van der Waals surface area contributed by atoms with Crippen LogP contribution in [0.1, 0.15) is 40.2 Å². The summed E-state index contributed by atoms with van der Waals surface area (Å²) in [5.41, 5.74) is 1.87. The van der Waals surface area contributed by atoms with Crippen molar-refractivity contribution in [3.8, 4) is 0 Å². The molecule has 0 aliphatic heterocycles. The normalized spacial score (nSPS) is 11.2. The molecular formula is C19H19Cl2NO3S. The zero-order valence-electron chi connectivity index (χ0n) is 14.9. The molecule has 2 rings (SSSR count). The van der Waals surface area contributed by atoms with Crippen molar-refractivity contribution in [3.63, 3.8) is 0 Å². The lowest BCUT2D eigenvalue weighted by Gasteiger charge is -2.09. The van der Waals surface area contributed by atoms with Gasteiger partial charge in [-0.2, -0.15) is 0 Å². The molecule has 4 nitrogen and oxygen atoms in total. The number of thiophene rings is 1. The van der Waals surface area contributed by atoms with Gasteiger partial charge in [-0.15, -0.1) is 11.3 Å². The number of aryl methyl sites for hydroxylation is 1. The van der Waals surface area contributed by atoms with E-state index in [1.54, 1.807) is 38.1 Å². The third kappa shape index (κ3) is 5.10. The maximum absolute atomic E-state index is 12.3. The second-order valence-corrected chi connectivity index (χ2v) is 8.00. The second kappa shape index (κ2) is 8.71. The molecule has 0 saturated heterocycles. The average Bonchev–Trinajstić information content (AvgIpc) is 2.80. The zero-order valence-corrected chi connectivity index (χ0v) is 17.2. The Bertz CT molecular complexity index is 872. The van der Waals surface area contributed by atoms with E-state index in [4.69, 9.17) is 27.9 Å². The van der Waals surface area contributed by atoms with Gasteiger partial charge in [0.25, 0.3) is 0 Å². The summed E-state index contributed by atoms with van der Waals surface area (Å²) in [6, 6.07) is 5.02. The SMILES string of the molecule is Cc1sc(NC(=O)C=Cc2ccc(Cl)cc2Cl)c(C(=O)OC(C)C)c1C. The average molecular weight is 412 g/mol. The van der Waals surface area contributed by atoms with E-state index in [2.05, 4.69) is 5.32 Å². The molecule has 0 aliphatic carbocycles. The molecule has 0 bridgehead atoms. The molecule has 0 aliphatic rings. The second-order valence-electron chi connectivity index (χ2n) is 5.93. The largest absolute Gasteiger partial charge is 0.459 e. The maximum Gasteiger partial charge on any atom is 0.341 e. The summed E-state index contributed by atoms with van der Waals surface area (Å²) in [4.78, 5) is 25.5. The van der Waals surface area contributed by atoms with Crippen LogP contribution in [0.3, 0.4) is 0 Å². The predicted molar refractivity (Wildman–Crippen MR) is 108 cm³/mol. The van der Waals surface area contributed by atoms with Gasteiger partial charge in [0.1, 0.15) is 5.00 Å². The summed E-state index contributed by atoms with van der Waals surface area (Å²) in [6.45, 7) is 7.29. The monoisotopic (exact) mass is 411 g/mol. The summed E-state index contributed by atoms with van der Waals surface area (Å²) in [6.07, 6.45) is 2.71. The lowest BCUT2D eigenvalue weighted by molar-refractivity contribution is -0.111. The first-order chi connectivity index (χ1) is 12.2. The van der Waals surface area contributed by atoms with Crippen LogP contribution in [0, 0.1) is 13.8 Å². The van der Waals surface area contributed by atoms with Crippen molar-refractivity contribution in [1.29, 1.82) is 0 Å². The van der Waals surface area contributed by atoms with Gasteiger partial charge in [0.15, 0.2) is 0 Å². The Labute approximate surface area is 166 Å². The van der Waals surface area contributed by atoms with Crippen molar-refractivity contribution in [2.24, 2.45) is 0 Å². The Kier molecular flexibility index (Phi) is 6.87. The number of hydrogen-bond acceptors (Lipinski definition) is 4. The molecule has 26 heavy (non-hydrogen) atoms. The predicted octanol–water partition coefficient (Wildman–Crippen LogP) is 5.89. The number of anilines is 1. The fourth-order valence-corrected chi connectivity index (χ4v) is 3.71. The molecule has 7 heteroatoms. The molecule has 0 fully saturated rings. The minimum atomic E-state index is -0.443. The van der Waals surface area contributed by atoms with Gasteiger partial charge in [0.05, 0.1) is 11.7 Å². The fraction of sp³-hybridized carbons (Fsp3) is 0.263. The van der Waals surface area contributed by atoms with Gasteiger partial charge >= 0.3 is 5.97 Å². The van der Waals surface area contributed by atoms with E-state index >= 15 is 0 Å². The number of amides is 1. The van der Waals surface area contributed by atoms with Crippen LogP contribution in [0.4, 0.5) is 5.00 Å². The van der Waals surface area contributed by atoms with Crippen LogP contribution in [0.2, 0.25) is 10.0 Å². The molecule has 0 atom stereocenters. The maximum atomic E-state index is 12.3. The third-order valence-electron chi connectivity index (χ3n) is 3.55. The van der Waals surface area contributed by atoms with Gasteiger partial charge in [0, 0.05) is 21.0 Å². The van der Waals surface area contributed by atoms with Gasteiger partial charge < -0.3 is 10.1 Å². The smallest absolute Gasteiger partial charge is 0.341 e. The van der Waals surface area contributed by atoms with E-state index in [-0.39, 0.29) is 12.0 Å². The Morgan fingerprint density at radius 1 is 1.23 bits per heavy atom. The molecular weight excluding hydrogens is 393 g/mol. The van der Waals surface area contributed by atoms with Gasteiger partial charge in [-0.05, 0) is 57.0 Å². The summed E-state index contributed by atoms with van der Waals surface area (Å²) in [5, 5.41) is 4.20. The number of ether oxygens (including phenoxy) is 1. The van der Waals surface area contributed by atoms with Crippen molar-refractivity contribution in [2.75, 3.05) is 5.32 Å². The van der Waals surface area contributed by atoms with Crippen LogP contribution in [-0.2, 0) is 9.53 Å². The van der Waals surface area contributed by atoms with E-state index < -0.39 is 5.97 Å². The summed E-state index contributed by atoms with van der Waals surface area (Å²) in [5.74, 6) is -0.808. The number of halogens is 2. The quantitative estimate of drug-likeness (QED) is 0.492. The zero-order chi connectivity index (χ0) is 19.4. The standard InChI is InChI=1S/C19H19Cl2NO3S/c1-10(2)25-19(24)17-11(3)12(4)26-18(17)22-16(23)8-6-13-5-7-14(20)9-15(13)21/h5-10H,1-4H3,(H,22,23). The number of rotatable bonds is 5. The van der Waals surface area contributed by atoms with Crippen molar-refractivity contribution in [1.82, 2.24) is 0 Å². The number of benzene rings is 1. The van der Waals surface area contributed by atoms with Crippen LogP contribution in [0.15, 0.2) is 24.3 Å². The molecule has 0 unspecified atom stereocenters. The van der Waals surface area contributed by atoms with Crippen molar-refractivity contribution < 1.29 is 14.3 Å². The first kappa shape index (κ1) is 20.5. The van der Waals surface area contributed by atoms with Crippen molar-refractivity contribution >= 4 is 57.5 Å². The van der Waals surface area contributed by atoms with Gasteiger partial charge in [-0.1, -0.05) is 29.3 Å². The number of hydrogen-bond donors (Lipinski definition) is 1. The van der Waals surface area contributed by atoms with E-state index in [1.807, 2.05) is 13.8 Å². The first-order valence-electron chi connectivity index (χ1n) is 7.94. The van der Waals surface area contributed by atoms with Crippen LogP contribution in [0.5, 0.6) is 0 Å². The molecule has 0 saturated carbocycles. The number of carbonyl (C=O) groups is 2. The minimum absolute atomic E-state index is 0.238. The summed E-state index contributed by atoms with van der Waals surface area (Å²) < 4.78 is 5.28. The highest BCUT2D eigenvalue weighted by atomic mass is 35.5. The topological polar surface area (TPSA) is 55.4 Å². The Balaban J connectivity index is 2.20. The summed E-state index contributed by atoms with van der Waals surface area (Å²) >= 11 is 13.3. The molecule has 138 valence electrons. The first-order valence-corrected chi connectivity index (χ1v) is 9.51. The lowest BCUT2D eigenvalue weighted by atomic mass is 10.1. The number of esters is 1. The number of carbonyl (C=O) groups excluding carboxylic acids is 2. The van der Waals surface area contributed by atoms with Gasteiger partial charge in [0.2, 0.25) is 5.91 Å². The molecule has 1 N–H and O–H groups in total. The molecule has 1 heterocycles. The van der Waals surface area contributed by atoms with E-state index in [1.165, 1.54) is 17.4 Å². The van der Waals surface area contributed by atoms with Crippen LogP contribution in [0.25, 0.3) is 6.08 Å². The van der Waals surface area contributed by atoms with E-state index in [0.717, 1.165) is 10.4 Å². The molecule has 1 aromatic carbocycles. The minimum Gasteiger partial charge on any atom is -0.459 e. The van der Waals surface area contributed by atoms with Gasteiger partial charge in [-0.25, -0.2) is 4.79 Å². The molecule has 0 radical (unpaired) electrons.